The minimum atomic E-state index is -0.546. The average Bonchev–Trinajstić information content (AvgIpc) is 3.45. The lowest BCUT2D eigenvalue weighted by Gasteiger charge is -2.11. The molecule has 170 valence electrons. The Labute approximate surface area is 198 Å². The van der Waals surface area contributed by atoms with Gasteiger partial charge in [0.2, 0.25) is 5.69 Å². The lowest BCUT2D eigenvalue weighted by Crippen LogP contribution is -2.30. The second kappa shape index (κ2) is 8.05. The van der Waals surface area contributed by atoms with E-state index >= 15 is 4.39 Å². The van der Waals surface area contributed by atoms with Gasteiger partial charge in [0.15, 0.2) is 6.20 Å². The number of aryl methyl sites for hydroxylation is 2. The van der Waals surface area contributed by atoms with E-state index in [1.807, 2.05) is 54.9 Å². The minimum Gasteiger partial charge on any atom is -0.454 e. The van der Waals surface area contributed by atoms with E-state index in [0.717, 1.165) is 53.1 Å². The molecule has 34 heavy (non-hydrogen) atoms. The molecule has 0 atom stereocenters. The van der Waals surface area contributed by atoms with E-state index in [0.29, 0.717) is 28.0 Å². The molecule has 2 nitrogen and oxygen atoms in total. The van der Waals surface area contributed by atoms with Crippen molar-refractivity contribution in [3.05, 3.63) is 89.6 Å². The molecular formula is C30H26F2NO+. The molecule has 1 aliphatic carbocycles. The first-order chi connectivity index (χ1) is 16.9. The average molecular weight is 456 g/mol. The summed E-state index contributed by atoms with van der Waals surface area (Å²) < 4.78 is 46.5. The van der Waals surface area contributed by atoms with Crippen molar-refractivity contribution >= 4 is 21.9 Å². The second-order valence-corrected chi connectivity index (χ2v) is 9.26. The van der Waals surface area contributed by atoms with Crippen molar-refractivity contribution in [2.45, 2.75) is 38.5 Å². The molecule has 0 bridgehead atoms. The number of aromatic nitrogens is 1. The van der Waals surface area contributed by atoms with Crippen LogP contribution in [0.3, 0.4) is 0 Å². The van der Waals surface area contributed by atoms with E-state index in [9.17, 15) is 4.39 Å². The first kappa shape index (κ1) is 19.9. The summed E-state index contributed by atoms with van der Waals surface area (Å²) >= 11 is 0. The summed E-state index contributed by atoms with van der Waals surface area (Å²) in [6.07, 6.45) is 5.55. The number of pyridine rings is 1. The summed E-state index contributed by atoms with van der Waals surface area (Å²) in [4.78, 5) is 0. The lowest BCUT2D eigenvalue weighted by atomic mass is 9.94. The highest BCUT2D eigenvalue weighted by Crippen LogP contribution is 2.42. The van der Waals surface area contributed by atoms with Gasteiger partial charge in [-0.25, -0.2) is 13.3 Å². The molecule has 4 heteroatoms. The van der Waals surface area contributed by atoms with Gasteiger partial charge < -0.3 is 4.42 Å². The fourth-order valence-electron chi connectivity index (χ4n) is 5.32. The molecule has 0 unspecified atom stereocenters. The van der Waals surface area contributed by atoms with Crippen LogP contribution >= 0.6 is 0 Å². The molecule has 0 amide bonds. The number of furan rings is 1. The maximum absolute atomic E-state index is 15.3. The molecule has 1 saturated carbocycles. The predicted octanol–water partition coefficient (Wildman–Crippen LogP) is 7.99. The van der Waals surface area contributed by atoms with Gasteiger partial charge in [-0.2, -0.15) is 0 Å². The molecule has 0 spiro atoms. The van der Waals surface area contributed by atoms with Gasteiger partial charge in [0.25, 0.3) is 0 Å². The second-order valence-electron chi connectivity index (χ2n) is 9.26. The normalized spacial score (nSPS) is 15.8. The molecule has 1 fully saturated rings. The molecular weight excluding hydrogens is 428 g/mol. The Kier molecular flexibility index (Phi) is 4.71. The maximum atomic E-state index is 15.3. The summed E-state index contributed by atoms with van der Waals surface area (Å²) in [6, 6.07) is 17.8. The van der Waals surface area contributed by atoms with Crippen molar-refractivity contribution in [1.29, 1.82) is 0 Å². The van der Waals surface area contributed by atoms with Crippen LogP contribution in [0.2, 0.25) is 0 Å². The smallest absolute Gasteiger partial charge is 0.219 e. The number of benzene rings is 3. The number of nitrogens with zero attached hydrogens (tertiary/aromatic N) is 1. The molecule has 0 N–H and O–H groups in total. The first-order valence-corrected chi connectivity index (χ1v) is 11.8. The number of halogens is 2. The SMILES string of the molecule is [2H]C1(c2ccc(-c3c(F)ccc4c3oc3c(-c5cc(F)cc[n+]5C)c(C)ccc34)cc2)CCCC1. The summed E-state index contributed by atoms with van der Waals surface area (Å²) in [7, 11) is 1.87. The molecule has 5 aromatic rings. The third-order valence-corrected chi connectivity index (χ3v) is 7.12. The van der Waals surface area contributed by atoms with Crippen LogP contribution in [0.5, 0.6) is 0 Å². The van der Waals surface area contributed by atoms with Crippen molar-refractivity contribution < 1.29 is 19.1 Å². The van der Waals surface area contributed by atoms with Crippen molar-refractivity contribution in [3.63, 3.8) is 0 Å². The van der Waals surface area contributed by atoms with E-state index in [1.165, 1.54) is 18.2 Å². The maximum Gasteiger partial charge on any atom is 0.219 e. The van der Waals surface area contributed by atoms with Gasteiger partial charge in [0.1, 0.15) is 29.8 Å². The zero-order valence-corrected chi connectivity index (χ0v) is 19.3. The van der Waals surface area contributed by atoms with Gasteiger partial charge in [-0.05, 0) is 54.5 Å². The lowest BCUT2D eigenvalue weighted by molar-refractivity contribution is -0.660. The van der Waals surface area contributed by atoms with E-state index < -0.39 is 5.89 Å². The number of hydrogen-bond acceptors (Lipinski definition) is 1. The summed E-state index contributed by atoms with van der Waals surface area (Å²) in [6.45, 7) is 1.97. The fraction of sp³-hybridized carbons (Fsp3) is 0.233. The van der Waals surface area contributed by atoms with Crippen LogP contribution in [0.1, 0.15) is 44.1 Å². The Morgan fingerprint density at radius 1 is 0.882 bits per heavy atom. The minimum absolute atomic E-state index is 0.327. The Bertz CT molecular complexity index is 1600. The molecule has 0 aliphatic heterocycles. The van der Waals surface area contributed by atoms with Crippen molar-refractivity contribution in [3.8, 4) is 22.4 Å². The van der Waals surface area contributed by atoms with Gasteiger partial charge in [-0.1, -0.05) is 49.2 Å². The fourth-order valence-corrected chi connectivity index (χ4v) is 5.32. The third-order valence-electron chi connectivity index (χ3n) is 7.12. The largest absolute Gasteiger partial charge is 0.454 e. The Balaban J connectivity index is 1.57. The van der Waals surface area contributed by atoms with Gasteiger partial charge >= 0.3 is 0 Å². The number of fused-ring (bicyclic) bond motifs is 3. The number of hydrogen-bond donors (Lipinski definition) is 0. The third kappa shape index (κ3) is 3.32. The van der Waals surface area contributed by atoms with Gasteiger partial charge in [-0.3, -0.25) is 0 Å². The topological polar surface area (TPSA) is 17.0 Å². The Morgan fingerprint density at radius 2 is 1.56 bits per heavy atom. The zero-order valence-electron chi connectivity index (χ0n) is 20.3. The van der Waals surface area contributed by atoms with Gasteiger partial charge in [0.05, 0.1) is 11.1 Å². The van der Waals surface area contributed by atoms with E-state index in [2.05, 4.69) is 0 Å². The molecule has 6 rings (SSSR count). The van der Waals surface area contributed by atoms with Crippen LogP contribution in [-0.4, -0.2) is 0 Å². The summed E-state index contributed by atoms with van der Waals surface area (Å²) in [5.74, 6) is -1.23. The monoisotopic (exact) mass is 455 g/mol. The molecule has 1 aliphatic rings. The van der Waals surface area contributed by atoms with Crippen LogP contribution in [0.25, 0.3) is 44.3 Å². The summed E-state index contributed by atoms with van der Waals surface area (Å²) in [5, 5.41) is 1.67. The van der Waals surface area contributed by atoms with Crippen LogP contribution in [-0.2, 0) is 7.05 Å². The standard InChI is InChI=1S/C30H26F2NO/c1-18-7-12-23-24-13-14-25(32)28(21-10-8-20(9-11-21)19-5-3-4-6-19)30(24)34-29(23)27(18)26-17-22(31)15-16-33(26)2/h7-17,19H,3-6H2,1-2H3/q+1/i19D. The van der Waals surface area contributed by atoms with Crippen molar-refractivity contribution in [2.75, 3.05) is 0 Å². The van der Waals surface area contributed by atoms with Crippen molar-refractivity contribution in [1.82, 2.24) is 0 Å². The van der Waals surface area contributed by atoms with Crippen LogP contribution < -0.4 is 4.57 Å². The van der Waals surface area contributed by atoms with E-state index in [4.69, 9.17) is 5.79 Å². The highest BCUT2D eigenvalue weighted by Gasteiger charge is 2.24. The molecule has 0 radical (unpaired) electrons. The molecule has 0 saturated heterocycles. The van der Waals surface area contributed by atoms with Gasteiger partial charge in [0, 0.05) is 24.3 Å². The molecule has 2 heterocycles. The van der Waals surface area contributed by atoms with E-state index in [1.54, 1.807) is 12.3 Å². The Hall–Kier alpha value is -3.53. The summed E-state index contributed by atoms with van der Waals surface area (Å²) in [5.41, 5.74) is 5.61. The Morgan fingerprint density at radius 3 is 2.29 bits per heavy atom. The predicted molar refractivity (Wildman–Crippen MR) is 132 cm³/mol. The molecule has 2 aromatic heterocycles. The number of rotatable bonds is 3. The van der Waals surface area contributed by atoms with Crippen LogP contribution in [0.15, 0.2) is 71.3 Å². The highest BCUT2D eigenvalue weighted by molar-refractivity contribution is 6.13. The first-order valence-electron chi connectivity index (χ1n) is 12.3. The van der Waals surface area contributed by atoms with Crippen LogP contribution in [0.4, 0.5) is 8.78 Å². The highest BCUT2D eigenvalue weighted by atomic mass is 19.1. The molecule has 3 aromatic carbocycles. The van der Waals surface area contributed by atoms with Crippen molar-refractivity contribution in [2.24, 2.45) is 7.05 Å². The van der Waals surface area contributed by atoms with Crippen LogP contribution in [0, 0.1) is 18.6 Å². The van der Waals surface area contributed by atoms with Gasteiger partial charge in [-0.15, -0.1) is 0 Å². The zero-order chi connectivity index (χ0) is 24.3. The van der Waals surface area contributed by atoms with E-state index in [-0.39, 0.29) is 11.6 Å². The quantitative estimate of drug-likeness (QED) is 0.252.